The molecule has 0 fully saturated rings. The molecule has 0 N–H and O–H groups in total. The second-order valence-electron chi connectivity index (χ2n) is 13.5. The van der Waals surface area contributed by atoms with Gasteiger partial charge in [0.2, 0.25) is 0 Å². The summed E-state index contributed by atoms with van der Waals surface area (Å²) in [5.74, 6) is 0.720. The van der Waals surface area contributed by atoms with Crippen LogP contribution in [0.1, 0.15) is 23.6 Å². The molecule has 51 heavy (non-hydrogen) atoms. The van der Waals surface area contributed by atoms with Gasteiger partial charge < -0.3 is 0 Å². The molecule has 0 bridgehead atoms. The fraction of sp³-hybridized carbons (Fsp3) is 0.0417. The third-order valence-corrected chi connectivity index (χ3v) is 11.7. The molecule has 0 saturated carbocycles. The van der Waals surface area contributed by atoms with E-state index in [2.05, 4.69) is 165 Å². The van der Waals surface area contributed by atoms with Crippen LogP contribution in [-0.4, -0.2) is 9.97 Å². The van der Waals surface area contributed by atoms with Gasteiger partial charge in [0.1, 0.15) is 0 Å². The molecule has 3 heteroatoms. The zero-order chi connectivity index (χ0) is 33.9. The summed E-state index contributed by atoms with van der Waals surface area (Å²) < 4.78 is 2.56. The Morgan fingerprint density at radius 3 is 1.88 bits per heavy atom. The highest BCUT2D eigenvalue weighted by Crippen LogP contribution is 2.55. The Morgan fingerprint density at radius 1 is 0.431 bits per heavy atom. The number of thiophene rings is 1. The highest BCUT2D eigenvalue weighted by Gasteiger charge is 2.41. The molecule has 0 aliphatic heterocycles. The Labute approximate surface area is 301 Å². The number of benzene rings is 7. The first-order chi connectivity index (χ1) is 25.1. The molecule has 240 valence electrons. The molecule has 1 aliphatic carbocycles. The van der Waals surface area contributed by atoms with E-state index < -0.39 is 0 Å². The van der Waals surface area contributed by atoms with E-state index in [1.807, 2.05) is 29.5 Å². The summed E-state index contributed by atoms with van der Waals surface area (Å²) >= 11 is 1.83. The number of nitrogens with zero attached hydrogens (tertiary/aromatic N) is 2. The smallest absolute Gasteiger partial charge is 0.160 e. The van der Waals surface area contributed by atoms with Crippen molar-refractivity contribution in [2.75, 3.05) is 0 Å². The average Bonchev–Trinajstić information content (AvgIpc) is 3.71. The van der Waals surface area contributed by atoms with E-state index in [9.17, 15) is 0 Å². The second kappa shape index (κ2) is 11.7. The lowest BCUT2D eigenvalue weighted by Gasteiger charge is -2.28. The molecule has 7 aromatic carbocycles. The first kappa shape index (κ1) is 29.7. The van der Waals surface area contributed by atoms with E-state index in [0.717, 1.165) is 33.9 Å². The maximum atomic E-state index is 5.19. The molecule has 0 saturated heterocycles. The van der Waals surface area contributed by atoms with Crippen LogP contribution in [0.3, 0.4) is 0 Å². The molecule has 10 rings (SSSR count). The summed E-state index contributed by atoms with van der Waals surface area (Å²) in [5, 5.41) is 2.58. The highest BCUT2D eigenvalue weighted by atomic mass is 32.1. The van der Waals surface area contributed by atoms with E-state index in [-0.39, 0.29) is 5.41 Å². The van der Waals surface area contributed by atoms with Crippen molar-refractivity contribution in [2.24, 2.45) is 0 Å². The van der Waals surface area contributed by atoms with Crippen molar-refractivity contribution in [1.29, 1.82) is 0 Å². The van der Waals surface area contributed by atoms with E-state index in [0.29, 0.717) is 0 Å². The van der Waals surface area contributed by atoms with Crippen molar-refractivity contribution in [3.05, 3.63) is 193 Å². The topological polar surface area (TPSA) is 25.8 Å². The van der Waals surface area contributed by atoms with E-state index in [4.69, 9.17) is 9.97 Å². The first-order valence-electron chi connectivity index (χ1n) is 17.4. The van der Waals surface area contributed by atoms with Gasteiger partial charge in [0.25, 0.3) is 0 Å². The Kier molecular flexibility index (Phi) is 6.83. The molecular formula is C48H32N2S. The van der Waals surface area contributed by atoms with Gasteiger partial charge >= 0.3 is 0 Å². The number of fused-ring (bicyclic) bond motifs is 6. The highest BCUT2D eigenvalue weighted by molar-refractivity contribution is 7.25. The number of hydrogen-bond donors (Lipinski definition) is 0. The average molecular weight is 669 g/mol. The zero-order valence-corrected chi connectivity index (χ0v) is 28.9. The Morgan fingerprint density at radius 2 is 1.04 bits per heavy atom. The molecule has 1 atom stereocenters. The predicted molar refractivity (Wildman–Crippen MR) is 214 cm³/mol. The molecule has 2 heterocycles. The van der Waals surface area contributed by atoms with Gasteiger partial charge in [-0.05, 0) is 70.1 Å². The molecule has 1 aliphatic rings. The summed E-state index contributed by atoms with van der Waals surface area (Å²) in [6, 6.07) is 63.3. The quantitative estimate of drug-likeness (QED) is 0.182. The Hall–Kier alpha value is -6.16. The lowest BCUT2D eigenvalue weighted by atomic mass is 9.74. The summed E-state index contributed by atoms with van der Waals surface area (Å²) in [4.78, 5) is 10.3. The van der Waals surface area contributed by atoms with Crippen LogP contribution in [0.2, 0.25) is 0 Å². The fourth-order valence-corrected chi connectivity index (χ4v) is 9.20. The van der Waals surface area contributed by atoms with Gasteiger partial charge in [-0.2, -0.15) is 0 Å². The van der Waals surface area contributed by atoms with Gasteiger partial charge in [-0.25, -0.2) is 9.97 Å². The van der Waals surface area contributed by atoms with Gasteiger partial charge in [0.05, 0.1) is 11.4 Å². The van der Waals surface area contributed by atoms with Gasteiger partial charge in [0, 0.05) is 42.3 Å². The molecule has 2 aromatic heterocycles. The van der Waals surface area contributed by atoms with Crippen molar-refractivity contribution in [1.82, 2.24) is 9.97 Å². The van der Waals surface area contributed by atoms with Crippen LogP contribution >= 0.6 is 11.3 Å². The van der Waals surface area contributed by atoms with Crippen molar-refractivity contribution in [2.45, 2.75) is 12.3 Å². The van der Waals surface area contributed by atoms with Crippen LogP contribution in [0.25, 0.3) is 76.3 Å². The van der Waals surface area contributed by atoms with E-state index in [1.165, 1.54) is 59.1 Å². The number of aromatic nitrogens is 2. The molecule has 0 amide bonds. The second-order valence-corrected chi connectivity index (χ2v) is 14.6. The monoisotopic (exact) mass is 668 g/mol. The molecule has 0 spiro atoms. The molecule has 0 radical (unpaired) electrons. The largest absolute Gasteiger partial charge is 0.228 e. The first-order valence-corrected chi connectivity index (χ1v) is 18.2. The minimum absolute atomic E-state index is 0.248. The summed E-state index contributed by atoms with van der Waals surface area (Å²) in [6.45, 7) is 2.37. The van der Waals surface area contributed by atoms with Crippen LogP contribution in [0.4, 0.5) is 0 Å². The third-order valence-electron chi connectivity index (χ3n) is 10.6. The lowest BCUT2D eigenvalue weighted by molar-refractivity contribution is 0.714. The standard InChI is InChI=1S/C48H32N2S/c1-48(35-18-6-3-7-19-35)40-23-10-8-21-39(40)46-36(22-13-24-41(46)48)32-16-12-17-33(28-32)42-30-43(50-47(49-42)31-14-4-2-5-15-31)34-26-27-38-37-20-9-11-25-44(37)51-45(38)29-34/h2-30H,1H3. The van der Waals surface area contributed by atoms with Crippen LogP contribution in [-0.2, 0) is 5.41 Å². The fourth-order valence-electron chi connectivity index (χ4n) is 8.06. The van der Waals surface area contributed by atoms with Crippen molar-refractivity contribution in [3.8, 4) is 56.2 Å². The van der Waals surface area contributed by atoms with Crippen LogP contribution in [0.15, 0.2) is 176 Å². The number of hydrogen-bond acceptors (Lipinski definition) is 3. The van der Waals surface area contributed by atoms with Crippen LogP contribution in [0, 0.1) is 0 Å². The molecule has 9 aromatic rings. The third kappa shape index (κ3) is 4.77. The van der Waals surface area contributed by atoms with Gasteiger partial charge in [-0.1, -0.05) is 152 Å². The molecular weight excluding hydrogens is 637 g/mol. The van der Waals surface area contributed by atoms with Crippen molar-refractivity contribution in [3.63, 3.8) is 0 Å². The molecule has 1 unspecified atom stereocenters. The summed E-state index contributed by atoms with van der Waals surface area (Å²) in [5.41, 5.74) is 13.7. The predicted octanol–water partition coefficient (Wildman–Crippen LogP) is 12.8. The maximum absolute atomic E-state index is 5.19. The van der Waals surface area contributed by atoms with E-state index >= 15 is 0 Å². The van der Waals surface area contributed by atoms with Gasteiger partial charge in [-0.15, -0.1) is 11.3 Å². The van der Waals surface area contributed by atoms with Crippen molar-refractivity contribution < 1.29 is 0 Å². The minimum Gasteiger partial charge on any atom is -0.228 e. The lowest BCUT2D eigenvalue weighted by Crippen LogP contribution is -2.22. The zero-order valence-electron chi connectivity index (χ0n) is 28.0. The van der Waals surface area contributed by atoms with Gasteiger partial charge in [0.15, 0.2) is 5.82 Å². The normalized spacial score (nSPS) is 14.8. The minimum atomic E-state index is -0.248. The molecule has 2 nitrogen and oxygen atoms in total. The van der Waals surface area contributed by atoms with Crippen LogP contribution in [0.5, 0.6) is 0 Å². The number of rotatable bonds is 5. The van der Waals surface area contributed by atoms with Crippen molar-refractivity contribution >= 4 is 31.5 Å². The Bertz CT molecular complexity index is 2760. The summed E-state index contributed by atoms with van der Waals surface area (Å²) in [7, 11) is 0. The summed E-state index contributed by atoms with van der Waals surface area (Å²) in [6.07, 6.45) is 0. The van der Waals surface area contributed by atoms with E-state index in [1.54, 1.807) is 0 Å². The Balaban J connectivity index is 1.13. The maximum Gasteiger partial charge on any atom is 0.160 e. The van der Waals surface area contributed by atoms with Gasteiger partial charge in [-0.3, -0.25) is 0 Å². The SMILES string of the molecule is CC1(c2ccccc2)c2ccccc2-c2c(-c3cccc(-c4cc(-c5ccc6c(c5)sc5ccccc56)nc(-c5ccccc5)n4)c3)cccc21. The van der Waals surface area contributed by atoms with Crippen LogP contribution < -0.4 is 0 Å².